The molecule has 3 rings (SSSR count). The summed E-state index contributed by atoms with van der Waals surface area (Å²) in [6, 6.07) is 12.3. The van der Waals surface area contributed by atoms with Crippen LogP contribution in [-0.2, 0) is 12.8 Å². The fraction of sp³-hybridized carbons (Fsp3) is 0.455. The highest BCUT2D eigenvalue weighted by molar-refractivity contribution is 5.89. The standard InChI is InChI=1S/C22H30N4O/c1-4-16(2)17-7-10-19(11-8-17)25-22(27)26(3)15-13-20-12-9-18-6-5-14-23-21(18)24-20/h7-12,16H,4-6,13-15H2,1-3H3,(H,23,24)(H,25,27). The van der Waals surface area contributed by atoms with Gasteiger partial charge in [0.05, 0.1) is 0 Å². The number of aromatic nitrogens is 1. The number of likely N-dealkylation sites (N-methyl/N-ethyl adjacent to an activating group) is 1. The van der Waals surface area contributed by atoms with E-state index in [9.17, 15) is 4.79 Å². The molecule has 1 unspecified atom stereocenters. The van der Waals surface area contributed by atoms with E-state index in [-0.39, 0.29) is 6.03 Å². The molecule has 2 N–H and O–H groups in total. The number of urea groups is 1. The monoisotopic (exact) mass is 366 g/mol. The molecule has 144 valence electrons. The number of nitrogens with zero attached hydrogens (tertiary/aromatic N) is 2. The van der Waals surface area contributed by atoms with Crippen LogP contribution in [-0.4, -0.2) is 36.1 Å². The Balaban J connectivity index is 1.52. The molecule has 1 atom stereocenters. The maximum absolute atomic E-state index is 12.4. The van der Waals surface area contributed by atoms with Gasteiger partial charge in [0.1, 0.15) is 5.82 Å². The summed E-state index contributed by atoms with van der Waals surface area (Å²) in [6.07, 6.45) is 4.11. The molecule has 27 heavy (non-hydrogen) atoms. The molecular weight excluding hydrogens is 336 g/mol. The van der Waals surface area contributed by atoms with E-state index in [4.69, 9.17) is 4.98 Å². The second-order valence-corrected chi connectivity index (χ2v) is 7.37. The lowest BCUT2D eigenvalue weighted by atomic mass is 9.99. The number of hydrogen-bond donors (Lipinski definition) is 2. The van der Waals surface area contributed by atoms with Gasteiger partial charge in [-0.15, -0.1) is 0 Å². The summed E-state index contributed by atoms with van der Waals surface area (Å²) in [7, 11) is 1.82. The SMILES string of the molecule is CCC(C)c1ccc(NC(=O)N(C)CCc2ccc3c(n2)NCCC3)cc1. The zero-order valence-corrected chi connectivity index (χ0v) is 16.6. The Morgan fingerprint density at radius 2 is 2.04 bits per heavy atom. The zero-order valence-electron chi connectivity index (χ0n) is 16.6. The van der Waals surface area contributed by atoms with E-state index < -0.39 is 0 Å². The Kier molecular flexibility index (Phi) is 6.32. The number of carbonyl (C=O) groups is 1. The summed E-state index contributed by atoms with van der Waals surface area (Å²) in [5.41, 5.74) is 4.43. The summed E-state index contributed by atoms with van der Waals surface area (Å²) in [5.74, 6) is 1.54. The number of benzene rings is 1. The van der Waals surface area contributed by atoms with Crippen LogP contribution in [0.1, 0.15) is 49.4 Å². The molecule has 1 aliphatic rings. The summed E-state index contributed by atoms with van der Waals surface area (Å²) >= 11 is 0. The predicted molar refractivity (Wildman–Crippen MR) is 112 cm³/mol. The van der Waals surface area contributed by atoms with Crippen LogP contribution in [0.2, 0.25) is 0 Å². The number of fused-ring (bicyclic) bond motifs is 1. The van der Waals surface area contributed by atoms with Gasteiger partial charge in [0.15, 0.2) is 0 Å². The van der Waals surface area contributed by atoms with Crippen LogP contribution in [0.3, 0.4) is 0 Å². The fourth-order valence-corrected chi connectivity index (χ4v) is 3.24. The Bertz CT molecular complexity index is 772. The first-order valence-corrected chi connectivity index (χ1v) is 9.91. The smallest absolute Gasteiger partial charge is 0.321 e. The number of hydrogen-bond acceptors (Lipinski definition) is 3. The first kappa shape index (κ1) is 19.2. The topological polar surface area (TPSA) is 57.3 Å². The molecule has 0 radical (unpaired) electrons. The van der Waals surface area contributed by atoms with E-state index in [1.807, 2.05) is 19.2 Å². The molecule has 0 bridgehead atoms. The second kappa shape index (κ2) is 8.89. The van der Waals surface area contributed by atoms with Crippen molar-refractivity contribution in [3.63, 3.8) is 0 Å². The molecule has 5 heteroatoms. The minimum Gasteiger partial charge on any atom is -0.370 e. The molecule has 0 aliphatic carbocycles. The third-order valence-corrected chi connectivity index (χ3v) is 5.35. The minimum atomic E-state index is -0.0950. The Morgan fingerprint density at radius 1 is 1.26 bits per heavy atom. The third-order valence-electron chi connectivity index (χ3n) is 5.35. The predicted octanol–water partition coefficient (Wildman–Crippen LogP) is 4.66. The summed E-state index contributed by atoms with van der Waals surface area (Å²) in [5, 5.41) is 6.32. The molecule has 0 spiro atoms. The molecular formula is C22H30N4O. The molecule has 1 aliphatic heterocycles. The maximum Gasteiger partial charge on any atom is 0.321 e. The quantitative estimate of drug-likeness (QED) is 0.782. The molecule has 2 aromatic rings. The first-order valence-electron chi connectivity index (χ1n) is 9.91. The largest absolute Gasteiger partial charge is 0.370 e. The van der Waals surface area contributed by atoms with Crippen molar-refractivity contribution in [2.24, 2.45) is 0 Å². The van der Waals surface area contributed by atoms with Crippen molar-refractivity contribution in [3.8, 4) is 0 Å². The average molecular weight is 367 g/mol. The van der Waals surface area contributed by atoms with Gasteiger partial charge in [-0.05, 0) is 54.5 Å². The highest BCUT2D eigenvalue weighted by Gasteiger charge is 2.13. The van der Waals surface area contributed by atoms with Crippen molar-refractivity contribution >= 4 is 17.5 Å². The number of pyridine rings is 1. The van der Waals surface area contributed by atoms with E-state index in [0.29, 0.717) is 12.5 Å². The van der Waals surface area contributed by atoms with Crippen LogP contribution >= 0.6 is 0 Å². The maximum atomic E-state index is 12.4. The van der Waals surface area contributed by atoms with Crippen LogP contribution in [0.4, 0.5) is 16.3 Å². The molecule has 2 heterocycles. The van der Waals surface area contributed by atoms with Gasteiger partial charge in [0.25, 0.3) is 0 Å². The van der Waals surface area contributed by atoms with Gasteiger partial charge >= 0.3 is 6.03 Å². The van der Waals surface area contributed by atoms with E-state index in [0.717, 1.165) is 49.4 Å². The number of amides is 2. The van der Waals surface area contributed by atoms with Gasteiger partial charge in [0.2, 0.25) is 0 Å². The van der Waals surface area contributed by atoms with Crippen LogP contribution in [0.25, 0.3) is 0 Å². The highest BCUT2D eigenvalue weighted by atomic mass is 16.2. The van der Waals surface area contributed by atoms with Gasteiger partial charge in [0, 0.05) is 37.9 Å². The van der Waals surface area contributed by atoms with E-state index >= 15 is 0 Å². The molecule has 1 aromatic heterocycles. The van der Waals surface area contributed by atoms with Gasteiger partial charge in [-0.3, -0.25) is 0 Å². The average Bonchev–Trinajstić information content (AvgIpc) is 2.71. The molecule has 1 aromatic carbocycles. The van der Waals surface area contributed by atoms with Crippen molar-refractivity contribution in [1.29, 1.82) is 0 Å². The van der Waals surface area contributed by atoms with Crippen LogP contribution in [0.5, 0.6) is 0 Å². The normalized spacial score (nSPS) is 14.0. The number of aryl methyl sites for hydroxylation is 1. The van der Waals surface area contributed by atoms with Gasteiger partial charge in [-0.2, -0.15) is 0 Å². The van der Waals surface area contributed by atoms with Crippen LogP contribution in [0.15, 0.2) is 36.4 Å². The zero-order chi connectivity index (χ0) is 19.2. The minimum absolute atomic E-state index is 0.0950. The third kappa shape index (κ3) is 5.00. The molecule has 0 fully saturated rings. The lowest BCUT2D eigenvalue weighted by Crippen LogP contribution is -2.33. The highest BCUT2D eigenvalue weighted by Crippen LogP contribution is 2.21. The van der Waals surface area contributed by atoms with E-state index in [2.05, 4.69) is 48.7 Å². The lowest BCUT2D eigenvalue weighted by Gasteiger charge is -2.20. The number of anilines is 2. The number of rotatable bonds is 6. The van der Waals surface area contributed by atoms with Crippen molar-refractivity contribution < 1.29 is 4.79 Å². The van der Waals surface area contributed by atoms with Crippen LogP contribution in [0, 0.1) is 0 Å². The number of carbonyl (C=O) groups excluding carboxylic acids is 1. The first-order chi connectivity index (χ1) is 13.1. The van der Waals surface area contributed by atoms with Crippen molar-refractivity contribution in [2.75, 3.05) is 30.8 Å². The van der Waals surface area contributed by atoms with Crippen molar-refractivity contribution in [2.45, 2.75) is 45.4 Å². The van der Waals surface area contributed by atoms with Crippen LogP contribution < -0.4 is 10.6 Å². The fourth-order valence-electron chi connectivity index (χ4n) is 3.24. The number of nitrogens with one attached hydrogen (secondary N) is 2. The van der Waals surface area contributed by atoms with Gasteiger partial charge in [-0.1, -0.05) is 32.0 Å². The Hall–Kier alpha value is -2.56. The van der Waals surface area contributed by atoms with Crippen molar-refractivity contribution in [1.82, 2.24) is 9.88 Å². The summed E-state index contributed by atoms with van der Waals surface area (Å²) in [4.78, 5) is 18.8. The molecule has 2 amide bonds. The van der Waals surface area contributed by atoms with E-state index in [1.165, 1.54) is 11.1 Å². The second-order valence-electron chi connectivity index (χ2n) is 7.37. The van der Waals surface area contributed by atoms with Gasteiger partial charge in [-0.25, -0.2) is 9.78 Å². The summed E-state index contributed by atoms with van der Waals surface area (Å²) in [6.45, 7) is 6.01. The Morgan fingerprint density at radius 3 is 2.78 bits per heavy atom. The Labute approximate surface area is 162 Å². The van der Waals surface area contributed by atoms with E-state index in [1.54, 1.807) is 4.90 Å². The summed E-state index contributed by atoms with van der Waals surface area (Å²) < 4.78 is 0. The lowest BCUT2D eigenvalue weighted by molar-refractivity contribution is 0.223. The van der Waals surface area contributed by atoms with Crippen molar-refractivity contribution in [3.05, 3.63) is 53.2 Å². The van der Waals surface area contributed by atoms with Gasteiger partial charge < -0.3 is 15.5 Å². The molecule has 5 nitrogen and oxygen atoms in total. The molecule has 0 saturated carbocycles. The molecule has 0 saturated heterocycles.